The highest BCUT2D eigenvalue weighted by atomic mass is 127. The summed E-state index contributed by atoms with van der Waals surface area (Å²) >= 11 is 0. The van der Waals surface area contributed by atoms with E-state index < -0.39 is 6.10 Å². The Morgan fingerprint density at radius 2 is 1.93 bits per heavy atom. The van der Waals surface area contributed by atoms with Crippen molar-refractivity contribution in [3.8, 4) is 11.5 Å². The number of likely N-dealkylation sites (tertiary alicyclic amines) is 2. The molecule has 0 radical (unpaired) electrons. The van der Waals surface area contributed by atoms with Crippen molar-refractivity contribution in [2.75, 3.05) is 53.5 Å². The fourth-order valence-electron chi connectivity index (χ4n) is 4.10. The monoisotopic (exact) mass is 518 g/mol. The minimum Gasteiger partial charge on any atom is -0.493 e. The van der Waals surface area contributed by atoms with Crippen molar-refractivity contribution in [1.82, 2.24) is 15.1 Å². The van der Waals surface area contributed by atoms with Gasteiger partial charge in [-0.25, -0.2) is 0 Å². The summed E-state index contributed by atoms with van der Waals surface area (Å²) in [5, 5.41) is 14.0. The summed E-state index contributed by atoms with van der Waals surface area (Å²) in [4.78, 5) is 9.66. The summed E-state index contributed by atoms with van der Waals surface area (Å²) in [5.74, 6) is 2.16. The highest BCUT2D eigenvalue weighted by Crippen LogP contribution is 2.30. The Kier molecular flexibility index (Phi) is 9.78. The summed E-state index contributed by atoms with van der Waals surface area (Å²) < 4.78 is 10.6. The van der Waals surface area contributed by atoms with Gasteiger partial charge in [0.1, 0.15) is 0 Å². The molecular formula is C21H35IN4O3. The molecule has 2 atom stereocenters. The maximum atomic E-state index is 10.6. The average molecular weight is 518 g/mol. The van der Waals surface area contributed by atoms with Gasteiger partial charge in [0.2, 0.25) is 0 Å². The van der Waals surface area contributed by atoms with E-state index in [0.29, 0.717) is 24.1 Å². The van der Waals surface area contributed by atoms with Gasteiger partial charge < -0.3 is 24.8 Å². The summed E-state index contributed by atoms with van der Waals surface area (Å²) in [7, 11) is 3.20. The number of benzene rings is 1. The van der Waals surface area contributed by atoms with Crippen LogP contribution in [0.25, 0.3) is 0 Å². The third kappa shape index (κ3) is 6.11. The van der Waals surface area contributed by atoms with Gasteiger partial charge in [-0.05, 0) is 57.0 Å². The number of aliphatic hydroxyl groups is 1. The maximum absolute atomic E-state index is 10.6. The predicted octanol–water partition coefficient (Wildman–Crippen LogP) is 2.49. The van der Waals surface area contributed by atoms with Crippen molar-refractivity contribution in [2.24, 2.45) is 4.99 Å². The Labute approximate surface area is 191 Å². The van der Waals surface area contributed by atoms with E-state index in [1.807, 2.05) is 18.2 Å². The number of nitrogens with one attached hydrogen (secondary N) is 1. The van der Waals surface area contributed by atoms with Crippen LogP contribution in [0.5, 0.6) is 11.5 Å². The van der Waals surface area contributed by atoms with Crippen LogP contribution in [-0.2, 0) is 0 Å². The molecule has 2 unspecified atom stereocenters. The number of aliphatic hydroxyl groups excluding tert-OH is 1. The van der Waals surface area contributed by atoms with Gasteiger partial charge >= 0.3 is 0 Å². The van der Waals surface area contributed by atoms with E-state index in [-0.39, 0.29) is 24.0 Å². The molecule has 1 aromatic rings. The molecule has 2 aliphatic heterocycles. The van der Waals surface area contributed by atoms with E-state index >= 15 is 0 Å². The maximum Gasteiger partial charge on any atom is 0.194 e. The molecule has 0 spiro atoms. The van der Waals surface area contributed by atoms with E-state index in [9.17, 15) is 5.11 Å². The third-order valence-corrected chi connectivity index (χ3v) is 5.66. The lowest BCUT2D eigenvalue weighted by Crippen LogP contribution is -2.43. The zero-order valence-electron chi connectivity index (χ0n) is 17.8. The molecule has 0 aliphatic carbocycles. The Morgan fingerprint density at radius 3 is 2.59 bits per heavy atom. The second-order valence-electron chi connectivity index (χ2n) is 7.46. The molecule has 2 heterocycles. The first-order valence-corrected chi connectivity index (χ1v) is 10.3. The van der Waals surface area contributed by atoms with Crippen LogP contribution in [0.1, 0.15) is 37.9 Å². The van der Waals surface area contributed by atoms with Gasteiger partial charge in [-0.2, -0.15) is 0 Å². The number of rotatable bonds is 7. The largest absolute Gasteiger partial charge is 0.493 e. The minimum atomic E-state index is -0.689. The molecule has 1 aromatic carbocycles. The highest BCUT2D eigenvalue weighted by molar-refractivity contribution is 14.0. The van der Waals surface area contributed by atoms with Gasteiger partial charge in [-0.3, -0.25) is 9.89 Å². The molecule has 2 N–H and O–H groups in total. The van der Waals surface area contributed by atoms with E-state index in [4.69, 9.17) is 14.5 Å². The molecule has 8 heteroatoms. The van der Waals surface area contributed by atoms with Crippen LogP contribution in [0.15, 0.2) is 23.2 Å². The highest BCUT2D eigenvalue weighted by Gasteiger charge is 2.30. The van der Waals surface area contributed by atoms with Gasteiger partial charge in [0.25, 0.3) is 0 Å². The molecule has 0 bridgehead atoms. The van der Waals surface area contributed by atoms with E-state index in [0.717, 1.165) is 31.2 Å². The Hall–Kier alpha value is -1.26. The third-order valence-electron chi connectivity index (χ3n) is 5.66. The van der Waals surface area contributed by atoms with Gasteiger partial charge in [0.05, 0.1) is 26.9 Å². The lowest BCUT2D eigenvalue weighted by Gasteiger charge is -2.25. The van der Waals surface area contributed by atoms with Crippen LogP contribution in [-0.4, -0.2) is 80.4 Å². The first-order chi connectivity index (χ1) is 13.7. The number of hydrogen-bond acceptors (Lipinski definition) is 5. The Morgan fingerprint density at radius 1 is 1.21 bits per heavy atom. The normalized spacial score (nSPS) is 21.0. The quantitative estimate of drug-likeness (QED) is 0.329. The Bertz CT molecular complexity index is 667. The first-order valence-electron chi connectivity index (χ1n) is 10.3. The molecule has 2 fully saturated rings. The van der Waals surface area contributed by atoms with Crippen molar-refractivity contribution in [2.45, 2.75) is 38.3 Å². The number of aliphatic imine (C=N–C) groups is 1. The van der Waals surface area contributed by atoms with Crippen molar-refractivity contribution in [1.29, 1.82) is 0 Å². The number of guanidine groups is 1. The molecular weight excluding hydrogens is 483 g/mol. The van der Waals surface area contributed by atoms with Gasteiger partial charge in [0.15, 0.2) is 17.5 Å². The molecule has 3 rings (SSSR count). The Balaban J connectivity index is 0.00000300. The summed E-state index contributed by atoms with van der Waals surface area (Å²) in [5.41, 5.74) is 0.772. The predicted molar refractivity (Wildman–Crippen MR) is 127 cm³/mol. The fourth-order valence-corrected chi connectivity index (χ4v) is 4.10. The van der Waals surface area contributed by atoms with Gasteiger partial charge in [-0.15, -0.1) is 24.0 Å². The molecule has 7 nitrogen and oxygen atoms in total. The number of ether oxygens (including phenoxy) is 2. The summed E-state index contributed by atoms with van der Waals surface area (Å²) in [6, 6.07) is 6.11. The van der Waals surface area contributed by atoms with Crippen LogP contribution in [0.4, 0.5) is 0 Å². The molecule has 2 saturated heterocycles. The molecule has 0 amide bonds. The number of hydrogen-bond donors (Lipinski definition) is 2. The zero-order chi connectivity index (χ0) is 19.9. The number of methoxy groups -OCH3 is 2. The smallest absolute Gasteiger partial charge is 0.194 e. The van der Waals surface area contributed by atoms with Crippen molar-refractivity contribution in [3.63, 3.8) is 0 Å². The van der Waals surface area contributed by atoms with Crippen molar-refractivity contribution >= 4 is 29.9 Å². The lowest BCUT2D eigenvalue weighted by atomic mass is 10.1. The van der Waals surface area contributed by atoms with E-state index in [2.05, 4.69) is 22.0 Å². The standard InChI is InChI=1S/C21H34N4O3.HI/c1-4-22-21(25-12-9-17(15-25)24-10-5-6-11-24)23-14-18(26)16-7-8-19(27-2)20(13-16)28-3;/h7-8,13,17-18,26H,4-6,9-12,14-15H2,1-3H3,(H,22,23);1H. The van der Waals surface area contributed by atoms with Crippen molar-refractivity contribution in [3.05, 3.63) is 23.8 Å². The van der Waals surface area contributed by atoms with Crippen LogP contribution in [0.2, 0.25) is 0 Å². The second kappa shape index (κ2) is 11.8. The van der Waals surface area contributed by atoms with E-state index in [1.54, 1.807) is 14.2 Å². The second-order valence-corrected chi connectivity index (χ2v) is 7.46. The van der Waals surface area contributed by atoms with Crippen LogP contribution < -0.4 is 14.8 Å². The van der Waals surface area contributed by atoms with Gasteiger partial charge in [0, 0.05) is 25.7 Å². The summed E-state index contributed by atoms with van der Waals surface area (Å²) in [6.45, 7) is 7.68. The molecule has 0 saturated carbocycles. The summed E-state index contributed by atoms with van der Waals surface area (Å²) in [6.07, 6.45) is 3.14. The average Bonchev–Trinajstić information content (AvgIpc) is 3.42. The number of halogens is 1. The lowest BCUT2D eigenvalue weighted by molar-refractivity contribution is 0.186. The minimum absolute atomic E-state index is 0. The van der Waals surface area contributed by atoms with E-state index in [1.165, 1.54) is 32.4 Å². The zero-order valence-corrected chi connectivity index (χ0v) is 20.1. The van der Waals surface area contributed by atoms with Gasteiger partial charge in [-0.1, -0.05) is 6.07 Å². The first kappa shape index (κ1) is 24.0. The molecule has 0 aromatic heterocycles. The van der Waals surface area contributed by atoms with Crippen LogP contribution in [0.3, 0.4) is 0 Å². The topological polar surface area (TPSA) is 69.6 Å². The van der Waals surface area contributed by atoms with Crippen LogP contribution in [0, 0.1) is 0 Å². The fraction of sp³-hybridized carbons (Fsp3) is 0.667. The molecule has 164 valence electrons. The molecule has 29 heavy (non-hydrogen) atoms. The SMILES string of the molecule is CCNC(=NCC(O)c1ccc(OC)c(OC)c1)N1CCC(N2CCCC2)C1.I. The molecule has 2 aliphatic rings. The van der Waals surface area contributed by atoms with Crippen molar-refractivity contribution < 1.29 is 14.6 Å². The van der Waals surface area contributed by atoms with Crippen LogP contribution >= 0.6 is 24.0 Å². The number of nitrogens with zero attached hydrogens (tertiary/aromatic N) is 3.